The number of carbonyl (C=O) groups excluding carboxylic acids is 1. The van der Waals surface area contributed by atoms with Crippen LogP contribution in [0.25, 0.3) is 0 Å². The van der Waals surface area contributed by atoms with Gasteiger partial charge in [0.05, 0.1) is 11.8 Å². The molecule has 0 aliphatic heterocycles. The van der Waals surface area contributed by atoms with Gasteiger partial charge in [-0.05, 0) is 31.6 Å². The molecular weight excluding hydrogens is 236 g/mol. The standard InChI is InChI=1S/C16H26N2O/c1-4-9-18-12-14(11-17-18)15(19)16(10-13(2)3)7-5-6-8-16/h11-13H,4-10H2,1-3H3. The Kier molecular flexibility index (Phi) is 4.43. The molecule has 3 heteroatoms. The van der Waals surface area contributed by atoms with E-state index >= 15 is 0 Å². The summed E-state index contributed by atoms with van der Waals surface area (Å²) in [6.45, 7) is 7.45. The highest BCUT2D eigenvalue weighted by molar-refractivity contribution is 6.00. The van der Waals surface area contributed by atoms with Crippen LogP contribution in [0.4, 0.5) is 0 Å². The van der Waals surface area contributed by atoms with Crippen molar-refractivity contribution < 1.29 is 4.79 Å². The Balaban J connectivity index is 2.18. The lowest BCUT2D eigenvalue weighted by Crippen LogP contribution is -2.29. The highest BCUT2D eigenvalue weighted by Crippen LogP contribution is 2.45. The predicted molar refractivity (Wildman–Crippen MR) is 77.2 cm³/mol. The molecule has 0 N–H and O–H groups in total. The second kappa shape index (κ2) is 5.89. The van der Waals surface area contributed by atoms with Crippen LogP contribution in [-0.4, -0.2) is 15.6 Å². The van der Waals surface area contributed by atoms with Crippen molar-refractivity contribution in [1.29, 1.82) is 0 Å². The number of hydrogen-bond donors (Lipinski definition) is 0. The van der Waals surface area contributed by atoms with Crippen molar-refractivity contribution in [2.45, 2.75) is 65.8 Å². The number of aryl methyl sites for hydroxylation is 1. The first-order valence-electron chi connectivity index (χ1n) is 7.64. The lowest BCUT2D eigenvalue weighted by molar-refractivity contribution is 0.0760. The van der Waals surface area contributed by atoms with Crippen molar-refractivity contribution in [3.63, 3.8) is 0 Å². The first kappa shape index (κ1) is 14.3. The summed E-state index contributed by atoms with van der Waals surface area (Å²) < 4.78 is 1.89. The summed E-state index contributed by atoms with van der Waals surface area (Å²) in [5, 5.41) is 4.30. The van der Waals surface area contributed by atoms with Crippen molar-refractivity contribution in [3.05, 3.63) is 18.0 Å². The molecule has 1 aromatic heterocycles. The quantitative estimate of drug-likeness (QED) is 0.724. The van der Waals surface area contributed by atoms with Gasteiger partial charge in [-0.25, -0.2) is 0 Å². The zero-order valence-electron chi connectivity index (χ0n) is 12.5. The molecule has 1 fully saturated rings. The third kappa shape index (κ3) is 3.07. The number of aromatic nitrogens is 2. The van der Waals surface area contributed by atoms with Crippen LogP contribution in [0, 0.1) is 11.3 Å². The third-order valence-corrected chi connectivity index (χ3v) is 4.19. The first-order chi connectivity index (χ1) is 9.07. The third-order valence-electron chi connectivity index (χ3n) is 4.19. The molecule has 0 bridgehead atoms. The van der Waals surface area contributed by atoms with Crippen molar-refractivity contribution in [2.24, 2.45) is 11.3 Å². The minimum absolute atomic E-state index is 0.103. The topological polar surface area (TPSA) is 34.9 Å². The summed E-state index contributed by atoms with van der Waals surface area (Å²) >= 11 is 0. The van der Waals surface area contributed by atoms with Gasteiger partial charge >= 0.3 is 0 Å². The summed E-state index contributed by atoms with van der Waals surface area (Å²) in [7, 11) is 0. The van der Waals surface area contributed by atoms with Crippen LogP contribution in [0.5, 0.6) is 0 Å². The van der Waals surface area contributed by atoms with E-state index in [1.165, 1.54) is 12.8 Å². The minimum Gasteiger partial charge on any atom is -0.293 e. The average Bonchev–Trinajstić information content (AvgIpc) is 2.98. The summed E-state index contributed by atoms with van der Waals surface area (Å²) in [4.78, 5) is 12.9. The van der Waals surface area contributed by atoms with E-state index in [1.807, 2.05) is 10.9 Å². The maximum absolute atomic E-state index is 12.9. The van der Waals surface area contributed by atoms with Crippen LogP contribution in [0.15, 0.2) is 12.4 Å². The Labute approximate surface area is 116 Å². The van der Waals surface area contributed by atoms with E-state index in [4.69, 9.17) is 0 Å². The van der Waals surface area contributed by atoms with Gasteiger partial charge in [-0.1, -0.05) is 33.6 Å². The molecule has 0 unspecified atom stereocenters. The zero-order chi connectivity index (χ0) is 13.9. The summed E-state index contributed by atoms with van der Waals surface area (Å²) in [6.07, 6.45) is 10.3. The fourth-order valence-corrected chi connectivity index (χ4v) is 3.50. The normalized spacial score (nSPS) is 18.1. The van der Waals surface area contributed by atoms with Gasteiger partial charge in [-0.15, -0.1) is 0 Å². The minimum atomic E-state index is -0.103. The molecular formula is C16H26N2O. The molecule has 2 rings (SSSR count). The molecule has 0 saturated heterocycles. The van der Waals surface area contributed by atoms with Gasteiger partial charge in [0.2, 0.25) is 0 Å². The lowest BCUT2D eigenvalue weighted by atomic mass is 9.73. The molecule has 0 radical (unpaired) electrons. The Morgan fingerprint density at radius 2 is 2.11 bits per heavy atom. The molecule has 106 valence electrons. The summed E-state index contributed by atoms with van der Waals surface area (Å²) in [5.74, 6) is 0.911. The number of rotatable bonds is 6. The van der Waals surface area contributed by atoms with Gasteiger partial charge in [0, 0.05) is 18.2 Å². The average molecular weight is 262 g/mol. The van der Waals surface area contributed by atoms with E-state index in [0.717, 1.165) is 37.8 Å². The van der Waals surface area contributed by atoms with Crippen LogP contribution in [0.1, 0.15) is 69.7 Å². The van der Waals surface area contributed by atoms with Crippen LogP contribution in [0.3, 0.4) is 0 Å². The first-order valence-corrected chi connectivity index (χ1v) is 7.64. The van der Waals surface area contributed by atoms with Crippen molar-refractivity contribution >= 4 is 5.78 Å². The molecule has 1 aromatic rings. The van der Waals surface area contributed by atoms with Crippen molar-refractivity contribution in [3.8, 4) is 0 Å². The maximum atomic E-state index is 12.9. The van der Waals surface area contributed by atoms with Crippen molar-refractivity contribution in [1.82, 2.24) is 9.78 Å². The predicted octanol–water partition coefficient (Wildman–Crippen LogP) is 4.08. The second-order valence-electron chi connectivity index (χ2n) is 6.41. The molecule has 3 nitrogen and oxygen atoms in total. The fraction of sp³-hybridized carbons (Fsp3) is 0.750. The number of nitrogens with zero attached hydrogens (tertiary/aromatic N) is 2. The monoisotopic (exact) mass is 262 g/mol. The van der Waals surface area contributed by atoms with Crippen LogP contribution < -0.4 is 0 Å². The number of carbonyl (C=O) groups is 1. The Morgan fingerprint density at radius 1 is 1.42 bits per heavy atom. The van der Waals surface area contributed by atoms with Crippen LogP contribution in [0.2, 0.25) is 0 Å². The highest BCUT2D eigenvalue weighted by atomic mass is 16.1. The molecule has 1 saturated carbocycles. The van der Waals surface area contributed by atoms with E-state index in [9.17, 15) is 4.79 Å². The molecule has 1 heterocycles. The Bertz CT molecular complexity index is 428. The van der Waals surface area contributed by atoms with Crippen molar-refractivity contribution in [2.75, 3.05) is 0 Å². The largest absolute Gasteiger partial charge is 0.293 e. The summed E-state index contributed by atoms with van der Waals surface area (Å²) in [6, 6.07) is 0. The Hall–Kier alpha value is -1.12. The smallest absolute Gasteiger partial charge is 0.172 e. The number of ketones is 1. The molecule has 0 amide bonds. The van der Waals surface area contributed by atoms with Crippen LogP contribution >= 0.6 is 0 Å². The van der Waals surface area contributed by atoms with Crippen LogP contribution in [-0.2, 0) is 6.54 Å². The number of Topliss-reactive ketones (excluding diaryl/α,β-unsaturated/α-hetero) is 1. The highest BCUT2D eigenvalue weighted by Gasteiger charge is 2.41. The van der Waals surface area contributed by atoms with E-state index in [1.54, 1.807) is 6.20 Å². The molecule has 19 heavy (non-hydrogen) atoms. The second-order valence-corrected chi connectivity index (χ2v) is 6.41. The molecule has 0 atom stereocenters. The van der Waals surface area contributed by atoms with Gasteiger partial charge in [-0.2, -0.15) is 5.10 Å². The molecule has 0 aromatic carbocycles. The van der Waals surface area contributed by atoms with E-state index in [0.29, 0.717) is 11.7 Å². The van der Waals surface area contributed by atoms with E-state index < -0.39 is 0 Å². The van der Waals surface area contributed by atoms with Gasteiger partial charge in [-0.3, -0.25) is 9.48 Å². The lowest BCUT2D eigenvalue weighted by Gasteiger charge is -2.28. The summed E-state index contributed by atoms with van der Waals surface area (Å²) in [5.41, 5.74) is 0.713. The zero-order valence-corrected chi connectivity index (χ0v) is 12.5. The van der Waals surface area contributed by atoms with Gasteiger partial charge in [0.15, 0.2) is 5.78 Å². The Morgan fingerprint density at radius 3 is 2.68 bits per heavy atom. The van der Waals surface area contributed by atoms with E-state index in [2.05, 4.69) is 25.9 Å². The molecule has 1 aliphatic rings. The molecule has 0 spiro atoms. The van der Waals surface area contributed by atoms with Gasteiger partial charge in [0.1, 0.15) is 0 Å². The molecule has 1 aliphatic carbocycles. The van der Waals surface area contributed by atoms with Gasteiger partial charge in [0.25, 0.3) is 0 Å². The number of hydrogen-bond acceptors (Lipinski definition) is 2. The fourth-order valence-electron chi connectivity index (χ4n) is 3.50. The van der Waals surface area contributed by atoms with Gasteiger partial charge < -0.3 is 0 Å². The maximum Gasteiger partial charge on any atom is 0.172 e. The SMILES string of the molecule is CCCn1cc(C(=O)C2(CC(C)C)CCCC2)cn1. The van der Waals surface area contributed by atoms with E-state index in [-0.39, 0.29) is 5.41 Å².